The minimum absolute atomic E-state index is 0.104. The monoisotopic (exact) mass is 439 g/mol. The summed E-state index contributed by atoms with van der Waals surface area (Å²) in [5.41, 5.74) is 0.480. The predicted molar refractivity (Wildman–Crippen MR) is 112 cm³/mol. The molecule has 0 radical (unpaired) electrons. The number of rotatable bonds is 9. The van der Waals surface area contributed by atoms with Crippen molar-refractivity contribution in [3.63, 3.8) is 0 Å². The fraction of sp³-hybridized carbons (Fsp3) is 0.619. The minimum atomic E-state index is -0.647. The Hall–Kier alpha value is -2.42. The Morgan fingerprint density at radius 3 is 2.23 bits per heavy atom. The first-order chi connectivity index (χ1) is 14.4. The lowest BCUT2D eigenvalue weighted by Gasteiger charge is -2.20. The summed E-state index contributed by atoms with van der Waals surface area (Å²) in [7, 11) is 0. The van der Waals surface area contributed by atoms with Gasteiger partial charge < -0.3 is 19.5 Å². The van der Waals surface area contributed by atoms with Crippen molar-refractivity contribution in [2.24, 2.45) is 5.92 Å². The van der Waals surface area contributed by atoms with Crippen LogP contribution in [0.1, 0.15) is 78.0 Å². The van der Waals surface area contributed by atoms with Crippen LogP contribution in [0.4, 0.5) is 5.00 Å². The first-order valence-corrected chi connectivity index (χ1v) is 11.1. The van der Waals surface area contributed by atoms with Crippen molar-refractivity contribution in [2.45, 2.75) is 59.3 Å². The number of esters is 3. The lowest BCUT2D eigenvalue weighted by molar-refractivity contribution is -0.148. The van der Waals surface area contributed by atoms with Crippen LogP contribution in [0.15, 0.2) is 0 Å². The molecular weight excluding hydrogens is 410 g/mol. The molecule has 1 aromatic rings. The number of nitrogens with one attached hydrogen (secondary N) is 1. The zero-order chi connectivity index (χ0) is 22.1. The van der Waals surface area contributed by atoms with E-state index in [9.17, 15) is 19.2 Å². The average Bonchev–Trinajstić information content (AvgIpc) is 3.03. The van der Waals surface area contributed by atoms with Crippen molar-refractivity contribution < 1.29 is 33.4 Å². The molecule has 1 aromatic heterocycles. The van der Waals surface area contributed by atoms with Gasteiger partial charge in [-0.15, -0.1) is 11.3 Å². The smallest absolute Gasteiger partial charge is 0.348 e. The topological polar surface area (TPSA) is 108 Å². The first kappa shape index (κ1) is 23.9. The molecule has 1 aliphatic rings. The van der Waals surface area contributed by atoms with E-state index in [-0.39, 0.29) is 28.7 Å². The van der Waals surface area contributed by atoms with Crippen LogP contribution < -0.4 is 5.32 Å². The van der Waals surface area contributed by atoms with Crippen molar-refractivity contribution in [1.29, 1.82) is 0 Å². The summed E-state index contributed by atoms with van der Waals surface area (Å²) in [5.74, 6) is -1.90. The zero-order valence-electron chi connectivity index (χ0n) is 17.7. The van der Waals surface area contributed by atoms with Gasteiger partial charge in [0.05, 0.1) is 18.8 Å². The summed E-state index contributed by atoms with van der Waals surface area (Å²) >= 11 is 0.932. The second-order valence-electron chi connectivity index (χ2n) is 7.12. The Bertz CT molecular complexity index is 781. The van der Waals surface area contributed by atoms with Crippen LogP contribution in [-0.4, -0.2) is 43.6 Å². The molecule has 1 heterocycles. The summed E-state index contributed by atoms with van der Waals surface area (Å²) < 4.78 is 15.2. The van der Waals surface area contributed by atoms with E-state index in [0.29, 0.717) is 17.9 Å². The summed E-state index contributed by atoms with van der Waals surface area (Å²) in [6.45, 7) is 4.81. The van der Waals surface area contributed by atoms with Crippen molar-refractivity contribution in [1.82, 2.24) is 0 Å². The molecule has 2 rings (SSSR count). The fourth-order valence-electron chi connectivity index (χ4n) is 3.44. The van der Waals surface area contributed by atoms with Gasteiger partial charge in [0.1, 0.15) is 9.88 Å². The third-order valence-electron chi connectivity index (χ3n) is 4.88. The predicted octanol–water partition coefficient (Wildman–Crippen LogP) is 3.86. The maximum Gasteiger partial charge on any atom is 0.348 e. The second-order valence-corrected chi connectivity index (χ2v) is 8.14. The molecule has 0 spiro atoms. The quantitative estimate of drug-likeness (QED) is 0.460. The summed E-state index contributed by atoms with van der Waals surface area (Å²) in [4.78, 5) is 49.0. The van der Waals surface area contributed by atoms with Crippen LogP contribution in [-0.2, 0) is 23.8 Å². The molecule has 30 heavy (non-hydrogen) atoms. The Morgan fingerprint density at radius 1 is 0.967 bits per heavy atom. The van der Waals surface area contributed by atoms with Crippen LogP contribution >= 0.6 is 11.3 Å². The highest BCUT2D eigenvalue weighted by Gasteiger charge is 2.27. The number of anilines is 1. The van der Waals surface area contributed by atoms with Crippen LogP contribution in [0.5, 0.6) is 0 Å². The summed E-state index contributed by atoms with van der Waals surface area (Å²) in [6.07, 6.45) is 5.77. The number of thiophene rings is 1. The third-order valence-corrected chi connectivity index (χ3v) is 6.07. The number of carbonyl (C=O) groups excluding carboxylic acids is 4. The van der Waals surface area contributed by atoms with E-state index in [0.717, 1.165) is 37.0 Å². The van der Waals surface area contributed by atoms with Crippen LogP contribution in [0.3, 0.4) is 0 Å². The van der Waals surface area contributed by atoms with Crippen LogP contribution in [0.2, 0.25) is 0 Å². The normalized spacial score (nSPS) is 14.1. The van der Waals surface area contributed by atoms with E-state index >= 15 is 0 Å². The maximum absolute atomic E-state index is 12.3. The van der Waals surface area contributed by atoms with Gasteiger partial charge in [-0.05, 0) is 45.1 Å². The lowest BCUT2D eigenvalue weighted by atomic mass is 9.87. The van der Waals surface area contributed by atoms with Crippen LogP contribution in [0, 0.1) is 12.8 Å². The Morgan fingerprint density at radius 2 is 1.60 bits per heavy atom. The van der Waals surface area contributed by atoms with Gasteiger partial charge in [-0.1, -0.05) is 19.3 Å². The van der Waals surface area contributed by atoms with E-state index < -0.39 is 30.4 Å². The highest BCUT2D eigenvalue weighted by atomic mass is 32.1. The molecule has 1 aliphatic carbocycles. The Labute approximate surface area is 180 Å². The van der Waals surface area contributed by atoms with Gasteiger partial charge in [-0.3, -0.25) is 9.59 Å². The number of hydrogen-bond donors (Lipinski definition) is 1. The van der Waals surface area contributed by atoms with Crippen molar-refractivity contribution in [3.05, 3.63) is 16.0 Å². The Balaban J connectivity index is 2.03. The number of hydrogen-bond acceptors (Lipinski definition) is 8. The molecule has 0 aromatic carbocycles. The molecule has 0 unspecified atom stereocenters. The molecule has 166 valence electrons. The standard InChI is InChI=1S/C21H29NO7S/c1-4-27-20(25)17-13(3)18(21(26)28-5-2)30-19(17)22-15(23)12-29-16(24)11-14-9-7-6-8-10-14/h14H,4-12H2,1-3H3,(H,22,23). The molecule has 0 saturated heterocycles. The number of amides is 1. The van der Waals surface area contributed by atoms with Crippen molar-refractivity contribution in [3.8, 4) is 0 Å². The van der Waals surface area contributed by atoms with Gasteiger partial charge >= 0.3 is 17.9 Å². The minimum Gasteiger partial charge on any atom is -0.462 e. The van der Waals surface area contributed by atoms with E-state index in [1.165, 1.54) is 6.42 Å². The molecule has 0 bridgehead atoms. The zero-order valence-corrected chi connectivity index (χ0v) is 18.5. The van der Waals surface area contributed by atoms with Crippen molar-refractivity contribution >= 4 is 40.2 Å². The first-order valence-electron chi connectivity index (χ1n) is 10.3. The fourth-order valence-corrected chi connectivity index (χ4v) is 4.54. The van der Waals surface area contributed by atoms with E-state index in [1.54, 1.807) is 20.8 Å². The van der Waals surface area contributed by atoms with Gasteiger partial charge in [-0.25, -0.2) is 9.59 Å². The van der Waals surface area contributed by atoms with E-state index in [4.69, 9.17) is 14.2 Å². The third kappa shape index (κ3) is 6.55. The molecule has 0 atom stereocenters. The largest absolute Gasteiger partial charge is 0.462 e. The lowest BCUT2D eigenvalue weighted by Crippen LogP contribution is -2.23. The molecule has 1 amide bonds. The van der Waals surface area contributed by atoms with E-state index in [1.807, 2.05) is 0 Å². The number of carbonyl (C=O) groups is 4. The molecular formula is C21H29NO7S. The van der Waals surface area contributed by atoms with E-state index in [2.05, 4.69) is 5.32 Å². The number of ether oxygens (including phenoxy) is 3. The summed E-state index contributed by atoms with van der Waals surface area (Å²) in [5, 5.41) is 2.73. The Kier molecular flexibility index (Phi) is 9.29. The highest BCUT2D eigenvalue weighted by Crippen LogP contribution is 2.34. The molecule has 0 aliphatic heterocycles. The van der Waals surface area contributed by atoms with Crippen molar-refractivity contribution in [2.75, 3.05) is 25.1 Å². The molecule has 1 fully saturated rings. The molecule has 1 N–H and O–H groups in total. The molecule has 8 nitrogen and oxygen atoms in total. The maximum atomic E-state index is 12.3. The SMILES string of the molecule is CCOC(=O)c1sc(NC(=O)COC(=O)CC2CCCCC2)c(C(=O)OCC)c1C. The van der Waals surface area contributed by atoms with Gasteiger partial charge in [-0.2, -0.15) is 0 Å². The van der Waals surface area contributed by atoms with Gasteiger partial charge in [0.25, 0.3) is 5.91 Å². The second kappa shape index (κ2) is 11.7. The van der Waals surface area contributed by atoms with Crippen LogP contribution in [0.25, 0.3) is 0 Å². The van der Waals surface area contributed by atoms with Gasteiger partial charge in [0, 0.05) is 6.42 Å². The van der Waals surface area contributed by atoms with Gasteiger partial charge in [0.15, 0.2) is 6.61 Å². The highest BCUT2D eigenvalue weighted by molar-refractivity contribution is 7.18. The molecule has 1 saturated carbocycles. The summed E-state index contributed by atoms with van der Waals surface area (Å²) in [6, 6.07) is 0. The molecule has 9 heteroatoms. The average molecular weight is 440 g/mol. The van der Waals surface area contributed by atoms with Gasteiger partial charge in [0.2, 0.25) is 0 Å².